The van der Waals surface area contributed by atoms with Crippen LogP contribution in [0, 0.1) is 5.92 Å². The Bertz CT molecular complexity index is 580. The first-order valence-electron chi connectivity index (χ1n) is 6.15. The number of carboxylic acids is 1. The zero-order valence-corrected chi connectivity index (χ0v) is 9.86. The van der Waals surface area contributed by atoms with Crippen molar-refractivity contribution in [1.29, 1.82) is 0 Å². The maximum atomic E-state index is 11.3. The number of aliphatic carboxylic acids is 1. The Labute approximate surface area is 104 Å². The van der Waals surface area contributed by atoms with Gasteiger partial charge in [-0.1, -0.05) is 12.8 Å². The van der Waals surface area contributed by atoms with Crippen molar-refractivity contribution in [1.82, 2.24) is 19.6 Å². The molecule has 0 saturated heterocycles. The third-order valence-electron chi connectivity index (χ3n) is 3.66. The van der Waals surface area contributed by atoms with Gasteiger partial charge in [-0.3, -0.25) is 9.20 Å². The summed E-state index contributed by atoms with van der Waals surface area (Å²) in [7, 11) is 0. The second kappa shape index (κ2) is 4.36. The van der Waals surface area contributed by atoms with Crippen molar-refractivity contribution in [2.45, 2.75) is 31.6 Å². The van der Waals surface area contributed by atoms with E-state index in [0.29, 0.717) is 0 Å². The molecule has 6 nitrogen and oxygen atoms in total. The number of nitrogens with zero attached hydrogens (tertiary/aromatic N) is 4. The van der Waals surface area contributed by atoms with E-state index < -0.39 is 5.97 Å². The van der Waals surface area contributed by atoms with Crippen molar-refractivity contribution in [3.05, 3.63) is 24.4 Å². The van der Waals surface area contributed by atoms with Gasteiger partial charge in [-0.15, -0.1) is 10.2 Å². The van der Waals surface area contributed by atoms with Gasteiger partial charge in [-0.25, -0.2) is 4.98 Å². The van der Waals surface area contributed by atoms with E-state index in [0.717, 1.165) is 37.2 Å². The predicted molar refractivity (Wildman–Crippen MR) is 63.1 cm³/mol. The molecule has 0 bridgehead atoms. The summed E-state index contributed by atoms with van der Waals surface area (Å²) in [6, 6.07) is 1.77. The van der Waals surface area contributed by atoms with Gasteiger partial charge in [0.05, 0.1) is 5.92 Å². The van der Waals surface area contributed by atoms with Crippen LogP contribution < -0.4 is 0 Å². The Morgan fingerprint density at radius 2 is 2.17 bits per heavy atom. The smallest absolute Gasteiger partial charge is 0.307 e. The second-order valence-electron chi connectivity index (χ2n) is 4.70. The van der Waals surface area contributed by atoms with Crippen molar-refractivity contribution < 1.29 is 9.90 Å². The van der Waals surface area contributed by atoms with Crippen LogP contribution in [0.2, 0.25) is 0 Å². The number of fused-ring (bicyclic) bond motifs is 1. The van der Waals surface area contributed by atoms with Crippen molar-refractivity contribution in [3.63, 3.8) is 0 Å². The van der Waals surface area contributed by atoms with Gasteiger partial charge in [-0.2, -0.15) is 0 Å². The highest BCUT2D eigenvalue weighted by atomic mass is 16.4. The molecule has 0 aromatic carbocycles. The molecule has 2 heterocycles. The van der Waals surface area contributed by atoms with E-state index in [4.69, 9.17) is 0 Å². The maximum absolute atomic E-state index is 11.3. The van der Waals surface area contributed by atoms with Gasteiger partial charge in [0.15, 0.2) is 5.65 Å². The number of aromatic nitrogens is 4. The lowest BCUT2D eigenvalue weighted by molar-refractivity contribution is -0.143. The van der Waals surface area contributed by atoms with Gasteiger partial charge in [0.1, 0.15) is 12.2 Å². The first-order chi connectivity index (χ1) is 8.77. The van der Waals surface area contributed by atoms with Crippen LogP contribution in [0.25, 0.3) is 5.65 Å². The molecule has 2 aromatic heterocycles. The Morgan fingerprint density at radius 3 is 3.00 bits per heavy atom. The molecule has 2 aromatic rings. The second-order valence-corrected chi connectivity index (χ2v) is 4.70. The first kappa shape index (κ1) is 11.1. The van der Waals surface area contributed by atoms with Gasteiger partial charge < -0.3 is 5.11 Å². The largest absolute Gasteiger partial charge is 0.481 e. The molecule has 1 N–H and O–H groups in total. The highest BCUT2D eigenvalue weighted by Crippen LogP contribution is 2.37. The summed E-state index contributed by atoms with van der Waals surface area (Å²) in [5, 5.41) is 17.5. The quantitative estimate of drug-likeness (QED) is 0.868. The Morgan fingerprint density at radius 1 is 1.33 bits per heavy atom. The number of carbonyl (C=O) groups is 1. The Kier molecular flexibility index (Phi) is 2.70. The maximum Gasteiger partial charge on any atom is 0.307 e. The van der Waals surface area contributed by atoms with Crippen LogP contribution in [0.15, 0.2) is 18.6 Å². The first-order valence-corrected chi connectivity index (χ1v) is 6.15. The molecule has 1 saturated carbocycles. The molecule has 18 heavy (non-hydrogen) atoms. The molecule has 0 amide bonds. The van der Waals surface area contributed by atoms with Crippen molar-refractivity contribution in [2.75, 3.05) is 0 Å². The molecular weight excluding hydrogens is 232 g/mol. The molecule has 94 valence electrons. The van der Waals surface area contributed by atoms with Crippen molar-refractivity contribution in [3.8, 4) is 0 Å². The highest BCUT2D eigenvalue weighted by Gasteiger charge is 2.34. The fraction of sp³-hybridized carbons (Fsp3) is 0.500. The average molecular weight is 246 g/mol. The zero-order chi connectivity index (χ0) is 12.5. The lowest BCUT2D eigenvalue weighted by Gasteiger charge is -2.26. The van der Waals surface area contributed by atoms with Gasteiger partial charge in [0.25, 0.3) is 0 Å². The van der Waals surface area contributed by atoms with Gasteiger partial charge in [-0.05, 0) is 12.8 Å². The topological polar surface area (TPSA) is 80.4 Å². The van der Waals surface area contributed by atoms with E-state index in [1.807, 2.05) is 0 Å². The van der Waals surface area contributed by atoms with Crippen LogP contribution in [0.5, 0.6) is 0 Å². The molecule has 6 heteroatoms. The summed E-state index contributed by atoms with van der Waals surface area (Å²) in [5.41, 5.74) is 0.717. The van der Waals surface area contributed by atoms with Gasteiger partial charge in [0.2, 0.25) is 0 Å². The van der Waals surface area contributed by atoms with Crippen LogP contribution >= 0.6 is 0 Å². The molecule has 1 aliphatic carbocycles. The molecule has 1 fully saturated rings. The van der Waals surface area contributed by atoms with Gasteiger partial charge in [0, 0.05) is 18.2 Å². The van der Waals surface area contributed by atoms with Crippen LogP contribution in [0.1, 0.15) is 37.4 Å². The molecule has 0 aliphatic heterocycles. The summed E-state index contributed by atoms with van der Waals surface area (Å²) < 4.78 is 1.80. The predicted octanol–water partition coefficient (Wildman–Crippen LogP) is 1.48. The van der Waals surface area contributed by atoms with E-state index in [-0.39, 0.29) is 11.8 Å². The summed E-state index contributed by atoms with van der Waals surface area (Å²) in [4.78, 5) is 15.4. The van der Waals surface area contributed by atoms with Crippen molar-refractivity contribution in [2.24, 2.45) is 5.92 Å². The Hall–Kier alpha value is -1.98. The standard InChI is InChI=1S/C12H14N4O2/c17-12(18)9-4-2-1-3-8(9)11-15-14-10-5-6-13-7-16(10)11/h5-9H,1-4H2,(H,17,18). The number of hydrogen-bond donors (Lipinski definition) is 1. The minimum absolute atomic E-state index is 0.0598. The third-order valence-corrected chi connectivity index (χ3v) is 3.66. The molecule has 2 atom stereocenters. The molecule has 0 spiro atoms. The number of rotatable bonds is 2. The van der Waals surface area contributed by atoms with Crippen LogP contribution in [0.4, 0.5) is 0 Å². The van der Waals surface area contributed by atoms with Crippen LogP contribution in [0.3, 0.4) is 0 Å². The van der Waals surface area contributed by atoms with Gasteiger partial charge >= 0.3 is 5.97 Å². The van der Waals surface area contributed by atoms with E-state index in [1.54, 1.807) is 23.0 Å². The fourth-order valence-electron chi connectivity index (χ4n) is 2.75. The van der Waals surface area contributed by atoms with E-state index in [1.165, 1.54) is 0 Å². The molecule has 3 rings (SSSR count). The van der Waals surface area contributed by atoms with Crippen LogP contribution in [-0.2, 0) is 4.79 Å². The van der Waals surface area contributed by atoms with E-state index >= 15 is 0 Å². The minimum Gasteiger partial charge on any atom is -0.481 e. The normalized spacial score (nSPS) is 24.2. The molecule has 2 unspecified atom stereocenters. The number of hydrogen-bond acceptors (Lipinski definition) is 4. The monoisotopic (exact) mass is 246 g/mol. The lowest BCUT2D eigenvalue weighted by atomic mass is 9.79. The lowest BCUT2D eigenvalue weighted by Crippen LogP contribution is -2.26. The molecular formula is C12H14N4O2. The zero-order valence-electron chi connectivity index (χ0n) is 9.86. The fourth-order valence-corrected chi connectivity index (χ4v) is 2.75. The molecule has 1 aliphatic rings. The summed E-state index contributed by atoms with van der Waals surface area (Å²) in [6.45, 7) is 0. The minimum atomic E-state index is -0.736. The SMILES string of the molecule is O=C(O)C1CCCCC1c1nnc2ccncn12. The summed E-state index contributed by atoms with van der Waals surface area (Å²) >= 11 is 0. The highest BCUT2D eigenvalue weighted by molar-refractivity contribution is 5.71. The third kappa shape index (κ3) is 1.73. The van der Waals surface area contributed by atoms with E-state index in [9.17, 15) is 9.90 Å². The van der Waals surface area contributed by atoms with Crippen LogP contribution in [-0.4, -0.2) is 30.7 Å². The summed E-state index contributed by atoms with van der Waals surface area (Å²) in [5.74, 6) is -0.424. The molecule has 0 radical (unpaired) electrons. The number of carboxylic acid groups (broad SMARTS) is 1. The van der Waals surface area contributed by atoms with Crippen molar-refractivity contribution >= 4 is 11.6 Å². The average Bonchev–Trinajstić information content (AvgIpc) is 2.82. The van der Waals surface area contributed by atoms with E-state index in [2.05, 4.69) is 15.2 Å². The Balaban J connectivity index is 2.04. The summed E-state index contributed by atoms with van der Waals surface area (Å²) in [6.07, 6.45) is 6.90.